The summed E-state index contributed by atoms with van der Waals surface area (Å²) < 4.78 is 0. The first kappa shape index (κ1) is 13.1. The number of aromatic nitrogens is 2. The standard InChI is InChI=1S/C14H24N4/c1-4-5-11-12(15)16-9-17-13(11)18-10-6-7-14(2,3)8-10/h9-10H,4-8H2,1-3H3,(H3,15,16,17,18). The number of nitrogens with one attached hydrogen (secondary N) is 1. The van der Waals surface area contributed by atoms with E-state index >= 15 is 0 Å². The van der Waals surface area contributed by atoms with Crippen LogP contribution in [-0.2, 0) is 6.42 Å². The largest absolute Gasteiger partial charge is 0.383 e. The molecule has 100 valence electrons. The second-order valence-electron chi connectivity index (χ2n) is 6.08. The third kappa shape index (κ3) is 2.92. The molecule has 0 amide bonds. The van der Waals surface area contributed by atoms with Crippen LogP contribution in [0.15, 0.2) is 6.33 Å². The lowest BCUT2D eigenvalue weighted by Gasteiger charge is -2.19. The van der Waals surface area contributed by atoms with Gasteiger partial charge in [-0.15, -0.1) is 0 Å². The van der Waals surface area contributed by atoms with Crippen LogP contribution in [-0.4, -0.2) is 16.0 Å². The van der Waals surface area contributed by atoms with E-state index in [1.165, 1.54) is 19.3 Å². The summed E-state index contributed by atoms with van der Waals surface area (Å²) in [5.74, 6) is 1.55. The Labute approximate surface area is 109 Å². The van der Waals surface area contributed by atoms with Crippen molar-refractivity contribution < 1.29 is 0 Å². The first-order valence-corrected chi connectivity index (χ1v) is 6.88. The summed E-state index contributed by atoms with van der Waals surface area (Å²) in [5.41, 5.74) is 7.46. The zero-order valence-corrected chi connectivity index (χ0v) is 11.7. The lowest BCUT2D eigenvalue weighted by Crippen LogP contribution is -2.20. The summed E-state index contributed by atoms with van der Waals surface area (Å²) in [6.07, 6.45) is 7.23. The minimum atomic E-state index is 0.446. The highest BCUT2D eigenvalue weighted by molar-refractivity contribution is 5.55. The second kappa shape index (κ2) is 5.12. The van der Waals surface area contributed by atoms with Crippen molar-refractivity contribution in [1.82, 2.24) is 9.97 Å². The molecule has 4 heteroatoms. The Balaban J connectivity index is 2.12. The smallest absolute Gasteiger partial charge is 0.134 e. The maximum Gasteiger partial charge on any atom is 0.134 e. The molecule has 1 atom stereocenters. The van der Waals surface area contributed by atoms with Gasteiger partial charge in [0.05, 0.1) is 0 Å². The number of anilines is 2. The quantitative estimate of drug-likeness (QED) is 0.859. The molecular weight excluding hydrogens is 224 g/mol. The normalized spacial score (nSPS) is 22.1. The molecule has 0 bridgehead atoms. The van der Waals surface area contributed by atoms with Gasteiger partial charge in [-0.05, 0) is 31.1 Å². The Morgan fingerprint density at radius 2 is 2.22 bits per heavy atom. The van der Waals surface area contributed by atoms with E-state index in [2.05, 4.69) is 36.1 Å². The number of rotatable bonds is 4. The first-order valence-electron chi connectivity index (χ1n) is 6.88. The average Bonchev–Trinajstić information content (AvgIpc) is 2.63. The molecular formula is C14H24N4. The van der Waals surface area contributed by atoms with Gasteiger partial charge in [-0.2, -0.15) is 0 Å². The minimum absolute atomic E-state index is 0.446. The SMILES string of the molecule is CCCc1c(N)ncnc1NC1CCC(C)(C)C1. The van der Waals surface area contributed by atoms with Crippen LogP contribution < -0.4 is 11.1 Å². The molecule has 3 N–H and O–H groups in total. The van der Waals surface area contributed by atoms with Crippen molar-refractivity contribution >= 4 is 11.6 Å². The van der Waals surface area contributed by atoms with Crippen molar-refractivity contribution in [3.63, 3.8) is 0 Å². The number of nitrogen functional groups attached to an aromatic ring is 1. The maximum absolute atomic E-state index is 5.94. The van der Waals surface area contributed by atoms with Gasteiger partial charge < -0.3 is 11.1 Å². The van der Waals surface area contributed by atoms with Crippen molar-refractivity contribution in [2.24, 2.45) is 5.41 Å². The Hall–Kier alpha value is -1.32. The van der Waals surface area contributed by atoms with Crippen LogP contribution in [0.3, 0.4) is 0 Å². The molecule has 2 rings (SSSR count). The number of hydrogen-bond donors (Lipinski definition) is 2. The number of hydrogen-bond acceptors (Lipinski definition) is 4. The van der Waals surface area contributed by atoms with Crippen LogP contribution >= 0.6 is 0 Å². The molecule has 1 aliphatic rings. The molecule has 0 aromatic carbocycles. The topological polar surface area (TPSA) is 63.8 Å². The van der Waals surface area contributed by atoms with Crippen LogP contribution in [0.4, 0.5) is 11.6 Å². The van der Waals surface area contributed by atoms with Gasteiger partial charge in [-0.1, -0.05) is 27.2 Å². The highest BCUT2D eigenvalue weighted by Crippen LogP contribution is 2.38. The summed E-state index contributed by atoms with van der Waals surface area (Å²) in [4.78, 5) is 8.46. The highest BCUT2D eigenvalue weighted by atomic mass is 15.1. The van der Waals surface area contributed by atoms with Gasteiger partial charge in [0.1, 0.15) is 18.0 Å². The zero-order chi connectivity index (χ0) is 13.2. The van der Waals surface area contributed by atoms with E-state index in [9.17, 15) is 0 Å². The lowest BCUT2D eigenvalue weighted by molar-refractivity contribution is 0.378. The molecule has 0 aliphatic heterocycles. The molecule has 1 aliphatic carbocycles. The van der Waals surface area contributed by atoms with Crippen LogP contribution in [0.2, 0.25) is 0 Å². The minimum Gasteiger partial charge on any atom is -0.383 e. The van der Waals surface area contributed by atoms with Crippen molar-refractivity contribution in [3.05, 3.63) is 11.9 Å². The fourth-order valence-electron chi connectivity index (χ4n) is 2.80. The zero-order valence-electron chi connectivity index (χ0n) is 11.7. The molecule has 0 saturated heterocycles. The van der Waals surface area contributed by atoms with Crippen molar-refractivity contribution in [1.29, 1.82) is 0 Å². The van der Waals surface area contributed by atoms with E-state index in [1.807, 2.05) is 0 Å². The Kier molecular flexibility index (Phi) is 3.73. The predicted octanol–water partition coefficient (Wildman–Crippen LogP) is 3.00. The van der Waals surface area contributed by atoms with Crippen molar-refractivity contribution in [3.8, 4) is 0 Å². The van der Waals surface area contributed by atoms with Crippen molar-refractivity contribution in [2.45, 2.75) is 58.9 Å². The number of nitrogens with two attached hydrogens (primary N) is 1. The molecule has 1 heterocycles. The van der Waals surface area contributed by atoms with Gasteiger partial charge >= 0.3 is 0 Å². The molecule has 4 nitrogen and oxygen atoms in total. The molecule has 0 spiro atoms. The van der Waals surface area contributed by atoms with E-state index in [0.29, 0.717) is 17.3 Å². The Morgan fingerprint density at radius 3 is 2.83 bits per heavy atom. The van der Waals surface area contributed by atoms with E-state index in [4.69, 9.17) is 5.73 Å². The van der Waals surface area contributed by atoms with Gasteiger partial charge in [-0.3, -0.25) is 0 Å². The van der Waals surface area contributed by atoms with Gasteiger partial charge in [0, 0.05) is 11.6 Å². The number of nitrogens with zero attached hydrogens (tertiary/aromatic N) is 2. The van der Waals surface area contributed by atoms with Crippen LogP contribution in [0, 0.1) is 5.41 Å². The van der Waals surface area contributed by atoms with E-state index in [0.717, 1.165) is 24.2 Å². The summed E-state index contributed by atoms with van der Waals surface area (Å²) in [6.45, 7) is 6.81. The summed E-state index contributed by atoms with van der Waals surface area (Å²) >= 11 is 0. The van der Waals surface area contributed by atoms with Gasteiger partial charge in [0.2, 0.25) is 0 Å². The fourth-order valence-corrected chi connectivity index (χ4v) is 2.80. The van der Waals surface area contributed by atoms with Crippen LogP contribution in [0.25, 0.3) is 0 Å². The third-order valence-corrected chi connectivity index (χ3v) is 3.79. The molecule has 1 aromatic heterocycles. The van der Waals surface area contributed by atoms with Gasteiger partial charge in [0.25, 0.3) is 0 Å². The van der Waals surface area contributed by atoms with E-state index in [-0.39, 0.29) is 0 Å². The highest BCUT2D eigenvalue weighted by Gasteiger charge is 2.31. The second-order valence-corrected chi connectivity index (χ2v) is 6.08. The monoisotopic (exact) mass is 248 g/mol. The van der Waals surface area contributed by atoms with E-state index in [1.54, 1.807) is 6.33 Å². The first-order chi connectivity index (χ1) is 8.52. The van der Waals surface area contributed by atoms with Crippen molar-refractivity contribution in [2.75, 3.05) is 11.1 Å². The van der Waals surface area contributed by atoms with Crippen LogP contribution in [0.5, 0.6) is 0 Å². The van der Waals surface area contributed by atoms with Gasteiger partial charge in [0.15, 0.2) is 0 Å². The summed E-state index contributed by atoms with van der Waals surface area (Å²) in [5, 5.41) is 3.56. The molecule has 1 aromatic rings. The summed E-state index contributed by atoms with van der Waals surface area (Å²) in [6, 6.07) is 0.518. The lowest BCUT2D eigenvalue weighted by atomic mass is 9.92. The molecule has 0 radical (unpaired) electrons. The molecule has 18 heavy (non-hydrogen) atoms. The van der Waals surface area contributed by atoms with Gasteiger partial charge in [-0.25, -0.2) is 9.97 Å². The fraction of sp³-hybridized carbons (Fsp3) is 0.714. The maximum atomic E-state index is 5.94. The summed E-state index contributed by atoms with van der Waals surface area (Å²) in [7, 11) is 0. The van der Waals surface area contributed by atoms with Crippen LogP contribution in [0.1, 0.15) is 52.0 Å². The molecule has 1 unspecified atom stereocenters. The molecule has 1 saturated carbocycles. The Morgan fingerprint density at radius 1 is 1.44 bits per heavy atom. The van der Waals surface area contributed by atoms with E-state index < -0.39 is 0 Å². The molecule has 1 fully saturated rings. The predicted molar refractivity (Wildman–Crippen MR) is 75.5 cm³/mol. The Bertz CT molecular complexity index is 414. The third-order valence-electron chi connectivity index (χ3n) is 3.79. The average molecular weight is 248 g/mol.